The molecule has 1 aromatic heterocycles. The van der Waals surface area contributed by atoms with Crippen molar-refractivity contribution >= 4 is 22.9 Å². The van der Waals surface area contributed by atoms with Crippen LogP contribution < -0.4 is 5.32 Å². The van der Waals surface area contributed by atoms with Crippen LogP contribution in [0.25, 0.3) is 0 Å². The van der Waals surface area contributed by atoms with Crippen LogP contribution in [-0.2, 0) is 11.3 Å². The van der Waals surface area contributed by atoms with Crippen molar-refractivity contribution in [3.8, 4) is 0 Å². The fraction of sp³-hybridized carbons (Fsp3) is 0.333. The lowest BCUT2D eigenvalue weighted by Gasteiger charge is -2.12. The molecule has 2 nitrogen and oxygen atoms in total. The van der Waals surface area contributed by atoms with Crippen molar-refractivity contribution in [2.75, 3.05) is 13.2 Å². The highest BCUT2D eigenvalue weighted by atomic mass is 35.5. The van der Waals surface area contributed by atoms with Crippen LogP contribution >= 0.6 is 22.9 Å². The maximum atomic E-state index is 5.83. The molecule has 1 aromatic carbocycles. The molecule has 0 aliphatic carbocycles. The number of ether oxygens (including phenoxy) is 1. The van der Waals surface area contributed by atoms with Crippen LogP contribution in [0.2, 0.25) is 5.02 Å². The molecular weight excluding hydrogens is 278 g/mol. The lowest BCUT2D eigenvalue weighted by molar-refractivity contribution is 0.121. The molecule has 0 saturated carbocycles. The molecule has 2 aromatic rings. The molecule has 2 rings (SSSR count). The van der Waals surface area contributed by atoms with E-state index in [-0.39, 0.29) is 0 Å². The minimum atomic E-state index is 0.388. The first-order chi connectivity index (χ1) is 9.25. The summed E-state index contributed by atoms with van der Waals surface area (Å²) in [5.74, 6) is 0. The van der Waals surface area contributed by atoms with Gasteiger partial charge in [-0.2, -0.15) is 0 Å². The number of benzene rings is 1. The van der Waals surface area contributed by atoms with Gasteiger partial charge in [0.1, 0.15) is 0 Å². The molecule has 0 fully saturated rings. The van der Waals surface area contributed by atoms with Gasteiger partial charge in [0.2, 0.25) is 0 Å². The third kappa shape index (κ3) is 4.96. The molecule has 0 radical (unpaired) electrons. The van der Waals surface area contributed by atoms with Crippen molar-refractivity contribution in [1.29, 1.82) is 0 Å². The van der Waals surface area contributed by atoms with E-state index in [9.17, 15) is 0 Å². The van der Waals surface area contributed by atoms with Gasteiger partial charge in [0, 0.05) is 22.5 Å². The normalized spacial score (nSPS) is 12.5. The summed E-state index contributed by atoms with van der Waals surface area (Å²) in [5, 5.41) is 6.31. The topological polar surface area (TPSA) is 21.3 Å². The SMILES string of the molecule is CC(NCCOCc1ccc(Cl)cc1)c1cccs1. The summed E-state index contributed by atoms with van der Waals surface area (Å²) < 4.78 is 5.63. The van der Waals surface area contributed by atoms with Crippen molar-refractivity contribution < 1.29 is 4.74 Å². The molecule has 0 aliphatic rings. The Morgan fingerprint density at radius 3 is 2.74 bits per heavy atom. The molecule has 102 valence electrons. The summed E-state index contributed by atoms with van der Waals surface area (Å²) in [7, 11) is 0. The summed E-state index contributed by atoms with van der Waals surface area (Å²) in [6, 6.07) is 12.4. The predicted octanol–water partition coefficient (Wildman–Crippen LogP) is 4.27. The number of hydrogen-bond acceptors (Lipinski definition) is 3. The lowest BCUT2D eigenvalue weighted by atomic mass is 10.2. The van der Waals surface area contributed by atoms with E-state index >= 15 is 0 Å². The van der Waals surface area contributed by atoms with Crippen LogP contribution in [0.3, 0.4) is 0 Å². The summed E-state index contributed by atoms with van der Waals surface area (Å²) in [6.07, 6.45) is 0. The van der Waals surface area contributed by atoms with Gasteiger partial charge in [-0.15, -0.1) is 11.3 Å². The van der Waals surface area contributed by atoms with Gasteiger partial charge >= 0.3 is 0 Å². The quantitative estimate of drug-likeness (QED) is 0.770. The number of nitrogens with one attached hydrogen (secondary N) is 1. The van der Waals surface area contributed by atoms with Gasteiger partial charge in [0.15, 0.2) is 0 Å². The Kier molecular flexibility index (Phi) is 5.86. The molecule has 1 heterocycles. The van der Waals surface area contributed by atoms with Crippen LogP contribution in [0.5, 0.6) is 0 Å². The number of hydrogen-bond donors (Lipinski definition) is 1. The third-order valence-corrected chi connectivity index (χ3v) is 4.16. The zero-order valence-corrected chi connectivity index (χ0v) is 12.5. The summed E-state index contributed by atoms with van der Waals surface area (Å²) in [4.78, 5) is 1.36. The summed E-state index contributed by atoms with van der Waals surface area (Å²) in [5.41, 5.74) is 1.15. The Morgan fingerprint density at radius 1 is 1.26 bits per heavy atom. The second-order valence-electron chi connectivity index (χ2n) is 4.37. The van der Waals surface area contributed by atoms with Gasteiger partial charge < -0.3 is 10.1 Å². The second kappa shape index (κ2) is 7.65. The first-order valence-electron chi connectivity index (χ1n) is 6.34. The van der Waals surface area contributed by atoms with Gasteiger partial charge in [-0.1, -0.05) is 29.8 Å². The average Bonchev–Trinajstić information content (AvgIpc) is 2.94. The highest BCUT2D eigenvalue weighted by Crippen LogP contribution is 2.17. The third-order valence-electron chi connectivity index (χ3n) is 2.85. The van der Waals surface area contributed by atoms with Crippen molar-refractivity contribution in [3.05, 3.63) is 57.2 Å². The maximum absolute atomic E-state index is 5.83. The number of rotatable bonds is 7. The molecule has 4 heteroatoms. The van der Waals surface area contributed by atoms with Crippen LogP contribution in [0.4, 0.5) is 0 Å². The minimum Gasteiger partial charge on any atom is -0.375 e. The predicted molar refractivity (Wildman–Crippen MR) is 81.8 cm³/mol. The Hall–Kier alpha value is -0.870. The van der Waals surface area contributed by atoms with Crippen LogP contribution in [-0.4, -0.2) is 13.2 Å². The first kappa shape index (κ1) is 14.5. The van der Waals surface area contributed by atoms with Gasteiger partial charge in [-0.05, 0) is 36.1 Å². The maximum Gasteiger partial charge on any atom is 0.0717 e. The molecule has 0 aliphatic heterocycles. The first-order valence-corrected chi connectivity index (χ1v) is 7.60. The largest absolute Gasteiger partial charge is 0.375 e. The molecule has 1 N–H and O–H groups in total. The van der Waals surface area contributed by atoms with E-state index in [1.165, 1.54) is 4.88 Å². The standard InChI is InChI=1S/C15H18ClNOS/c1-12(15-3-2-10-19-15)17-8-9-18-11-13-4-6-14(16)7-5-13/h2-7,10,12,17H,8-9,11H2,1H3. The molecule has 0 spiro atoms. The van der Waals surface area contributed by atoms with Crippen LogP contribution in [0.15, 0.2) is 41.8 Å². The number of halogens is 1. The minimum absolute atomic E-state index is 0.388. The Bertz CT molecular complexity index is 469. The van der Waals surface area contributed by atoms with Crippen molar-refractivity contribution in [1.82, 2.24) is 5.32 Å². The highest BCUT2D eigenvalue weighted by Gasteiger charge is 2.04. The van der Waals surface area contributed by atoms with Gasteiger partial charge in [0.25, 0.3) is 0 Å². The average molecular weight is 296 g/mol. The Morgan fingerprint density at radius 2 is 2.05 bits per heavy atom. The van der Waals surface area contributed by atoms with E-state index in [1.54, 1.807) is 11.3 Å². The van der Waals surface area contributed by atoms with E-state index in [2.05, 4.69) is 29.8 Å². The van der Waals surface area contributed by atoms with Gasteiger partial charge in [-0.3, -0.25) is 0 Å². The Balaban J connectivity index is 1.61. The van der Waals surface area contributed by atoms with E-state index in [1.807, 2.05) is 24.3 Å². The smallest absolute Gasteiger partial charge is 0.0717 e. The van der Waals surface area contributed by atoms with Crippen LogP contribution in [0.1, 0.15) is 23.4 Å². The van der Waals surface area contributed by atoms with Crippen molar-refractivity contribution in [2.45, 2.75) is 19.6 Å². The molecular formula is C15H18ClNOS. The van der Waals surface area contributed by atoms with E-state index < -0.39 is 0 Å². The molecule has 0 saturated heterocycles. The van der Waals surface area contributed by atoms with E-state index in [0.717, 1.165) is 17.1 Å². The summed E-state index contributed by atoms with van der Waals surface area (Å²) in [6.45, 7) is 4.36. The number of thiophene rings is 1. The molecule has 1 atom stereocenters. The van der Waals surface area contributed by atoms with Crippen molar-refractivity contribution in [3.63, 3.8) is 0 Å². The van der Waals surface area contributed by atoms with E-state index in [0.29, 0.717) is 19.3 Å². The van der Waals surface area contributed by atoms with Crippen molar-refractivity contribution in [2.24, 2.45) is 0 Å². The fourth-order valence-corrected chi connectivity index (χ4v) is 2.64. The zero-order valence-electron chi connectivity index (χ0n) is 10.9. The zero-order chi connectivity index (χ0) is 13.5. The molecule has 0 amide bonds. The Labute approximate surface area is 123 Å². The van der Waals surface area contributed by atoms with Crippen LogP contribution in [0, 0.1) is 0 Å². The summed E-state index contributed by atoms with van der Waals surface area (Å²) >= 11 is 7.61. The monoisotopic (exact) mass is 295 g/mol. The molecule has 1 unspecified atom stereocenters. The second-order valence-corrected chi connectivity index (χ2v) is 5.79. The van der Waals surface area contributed by atoms with E-state index in [4.69, 9.17) is 16.3 Å². The van der Waals surface area contributed by atoms with Gasteiger partial charge in [-0.25, -0.2) is 0 Å². The molecule has 19 heavy (non-hydrogen) atoms. The lowest BCUT2D eigenvalue weighted by Crippen LogP contribution is -2.22. The highest BCUT2D eigenvalue weighted by molar-refractivity contribution is 7.10. The van der Waals surface area contributed by atoms with Gasteiger partial charge in [0.05, 0.1) is 13.2 Å². The fourth-order valence-electron chi connectivity index (χ4n) is 1.76. The molecule has 0 bridgehead atoms.